The maximum atomic E-state index is 12.3. The molecule has 2 amide bonds. The Morgan fingerprint density at radius 1 is 1.35 bits per heavy atom. The molecule has 0 radical (unpaired) electrons. The van der Waals surface area contributed by atoms with Crippen molar-refractivity contribution >= 4 is 12.2 Å². The van der Waals surface area contributed by atoms with Crippen molar-refractivity contribution in [3.63, 3.8) is 0 Å². The summed E-state index contributed by atoms with van der Waals surface area (Å²) in [5.74, 6) is 0.923. The molecule has 20 heavy (non-hydrogen) atoms. The second-order valence-electron chi connectivity index (χ2n) is 6.57. The van der Waals surface area contributed by atoms with Gasteiger partial charge in [-0.1, -0.05) is 20.8 Å². The second kappa shape index (κ2) is 5.62. The highest BCUT2D eigenvalue weighted by Crippen LogP contribution is 2.40. The fraction of sp³-hybridized carbons (Fsp3) is 0.867. The fourth-order valence-electron chi connectivity index (χ4n) is 3.03. The minimum absolute atomic E-state index is 0.245. The van der Waals surface area contributed by atoms with E-state index < -0.39 is 17.8 Å². The van der Waals surface area contributed by atoms with Gasteiger partial charge in [0.15, 0.2) is 0 Å². The van der Waals surface area contributed by atoms with Gasteiger partial charge in [0.1, 0.15) is 11.7 Å². The first-order chi connectivity index (χ1) is 9.34. The smallest absolute Gasteiger partial charge is 0.419 e. The summed E-state index contributed by atoms with van der Waals surface area (Å²) in [4.78, 5) is 24.9. The van der Waals surface area contributed by atoms with Crippen molar-refractivity contribution in [3.05, 3.63) is 0 Å². The van der Waals surface area contributed by atoms with E-state index in [2.05, 4.69) is 20.8 Å². The van der Waals surface area contributed by atoms with Crippen LogP contribution in [0.15, 0.2) is 0 Å². The molecule has 2 fully saturated rings. The minimum Gasteiger partial charge on any atom is -0.444 e. The number of amides is 2. The molecule has 0 aromatic heterocycles. The van der Waals surface area contributed by atoms with Gasteiger partial charge in [-0.25, -0.2) is 14.5 Å². The lowest BCUT2D eigenvalue weighted by Crippen LogP contribution is -2.47. The van der Waals surface area contributed by atoms with E-state index in [0.717, 1.165) is 30.6 Å². The molecule has 0 bridgehead atoms. The van der Waals surface area contributed by atoms with E-state index in [1.54, 1.807) is 6.92 Å². The first kappa shape index (κ1) is 15.1. The van der Waals surface area contributed by atoms with Crippen LogP contribution in [-0.2, 0) is 9.47 Å². The maximum absolute atomic E-state index is 12.3. The molecule has 0 aromatic rings. The van der Waals surface area contributed by atoms with Gasteiger partial charge in [0.2, 0.25) is 0 Å². The molecule has 114 valence electrons. The van der Waals surface area contributed by atoms with E-state index in [-0.39, 0.29) is 18.6 Å². The Hall–Kier alpha value is -1.26. The van der Waals surface area contributed by atoms with Crippen LogP contribution in [0.2, 0.25) is 0 Å². The summed E-state index contributed by atoms with van der Waals surface area (Å²) in [7, 11) is 0. The zero-order valence-corrected chi connectivity index (χ0v) is 12.8. The third-order valence-electron chi connectivity index (χ3n) is 4.65. The van der Waals surface area contributed by atoms with Crippen LogP contribution in [0.4, 0.5) is 9.59 Å². The molecule has 1 saturated heterocycles. The lowest BCUT2D eigenvalue weighted by Gasteiger charge is -2.42. The largest absolute Gasteiger partial charge is 0.444 e. The Kier molecular flexibility index (Phi) is 4.25. The lowest BCUT2D eigenvalue weighted by molar-refractivity contribution is -0.0662. The number of hydrogen-bond acceptors (Lipinski definition) is 4. The summed E-state index contributed by atoms with van der Waals surface area (Å²) in [6.07, 6.45) is 2.47. The number of ether oxygens (including phenoxy) is 2. The van der Waals surface area contributed by atoms with Crippen molar-refractivity contribution in [1.82, 2.24) is 4.90 Å². The molecule has 2 aliphatic rings. The normalized spacial score (nSPS) is 34.2. The Morgan fingerprint density at radius 2 is 1.95 bits per heavy atom. The summed E-state index contributed by atoms with van der Waals surface area (Å²) in [5, 5.41) is 0. The topological polar surface area (TPSA) is 55.8 Å². The molecule has 1 unspecified atom stereocenters. The zero-order valence-electron chi connectivity index (χ0n) is 12.8. The fourth-order valence-corrected chi connectivity index (χ4v) is 3.03. The molecule has 1 aliphatic heterocycles. The van der Waals surface area contributed by atoms with Crippen LogP contribution in [0.5, 0.6) is 0 Å². The van der Waals surface area contributed by atoms with Gasteiger partial charge in [0, 0.05) is 0 Å². The van der Waals surface area contributed by atoms with Gasteiger partial charge in [-0.3, -0.25) is 0 Å². The number of imide groups is 1. The number of carbonyl (C=O) groups is 2. The van der Waals surface area contributed by atoms with Crippen molar-refractivity contribution in [2.75, 3.05) is 6.54 Å². The number of nitrogens with zero attached hydrogens (tertiary/aromatic N) is 1. The zero-order chi connectivity index (χ0) is 14.9. The molecule has 2 rings (SSSR count). The van der Waals surface area contributed by atoms with Crippen molar-refractivity contribution in [2.24, 2.45) is 11.8 Å². The Balaban J connectivity index is 2.05. The van der Waals surface area contributed by atoms with Crippen molar-refractivity contribution < 1.29 is 19.1 Å². The molecule has 5 nitrogen and oxygen atoms in total. The summed E-state index contributed by atoms with van der Waals surface area (Å²) >= 11 is 0. The molecule has 0 spiro atoms. The van der Waals surface area contributed by atoms with Crippen LogP contribution in [0.3, 0.4) is 0 Å². The standard InChI is InChI=1S/C15H25NO4/c1-10(2)15(7-5-11(3)6-8-15)20-14(18)16-9-12(4)19-13(16)17/h10-12H,5-9H2,1-4H3. The van der Waals surface area contributed by atoms with E-state index in [1.807, 2.05) is 0 Å². The van der Waals surface area contributed by atoms with E-state index in [9.17, 15) is 9.59 Å². The third kappa shape index (κ3) is 2.91. The average molecular weight is 283 g/mol. The molecule has 1 atom stereocenters. The van der Waals surface area contributed by atoms with Crippen LogP contribution in [0.1, 0.15) is 53.4 Å². The van der Waals surface area contributed by atoms with Gasteiger partial charge >= 0.3 is 12.2 Å². The SMILES string of the molecule is CC1CCC(OC(=O)N2CC(C)OC2=O)(C(C)C)CC1. The van der Waals surface area contributed by atoms with Crippen LogP contribution < -0.4 is 0 Å². The van der Waals surface area contributed by atoms with Crippen LogP contribution >= 0.6 is 0 Å². The highest BCUT2D eigenvalue weighted by molar-refractivity contribution is 5.89. The van der Waals surface area contributed by atoms with Crippen LogP contribution in [0.25, 0.3) is 0 Å². The van der Waals surface area contributed by atoms with Crippen LogP contribution in [-0.4, -0.2) is 35.3 Å². The Morgan fingerprint density at radius 3 is 2.40 bits per heavy atom. The lowest BCUT2D eigenvalue weighted by atomic mass is 9.73. The highest BCUT2D eigenvalue weighted by Gasteiger charge is 2.44. The highest BCUT2D eigenvalue weighted by atomic mass is 16.6. The predicted molar refractivity (Wildman–Crippen MR) is 74.3 cm³/mol. The van der Waals surface area contributed by atoms with E-state index >= 15 is 0 Å². The van der Waals surface area contributed by atoms with E-state index in [4.69, 9.17) is 9.47 Å². The summed E-state index contributed by atoms with van der Waals surface area (Å²) in [5.41, 5.74) is -0.435. The Labute approximate surface area is 120 Å². The van der Waals surface area contributed by atoms with Gasteiger partial charge in [-0.2, -0.15) is 0 Å². The van der Waals surface area contributed by atoms with Gasteiger partial charge < -0.3 is 9.47 Å². The summed E-state index contributed by atoms with van der Waals surface area (Å²) in [6.45, 7) is 8.43. The van der Waals surface area contributed by atoms with E-state index in [1.165, 1.54) is 0 Å². The number of rotatable bonds is 2. The molecular weight excluding hydrogens is 258 g/mol. The second-order valence-corrected chi connectivity index (χ2v) is 6.57. The minimum atomic E-state index is -0.592. The molecule has 0 aromatic carbocycles. The van der Waals surface area contributed by atoms with Crippen LogP contribution in [0, 0.1) is 11.8 Å². The molecule has 1 heterocycles. The number of carbonyl (C=O) groups excluding carboxylic acids is 2. The average Bonchev–Trinajstić information content (AvgIpc) is 2.71. The van der Waals surface area contributed by atoms with Crippen molar-refractivity contribution in [3.8, 4) is 0 Å². The maximum Gasteiger partial charge on any atom is 0.419 e. The molecule has 0 N–H and O–H groups in total. The van der Waals surface area contributed by atoms with Gasteiger partial charge in [-0.05, 0) is 44.4 Å². The molecular formula is C15H25NO4. The van der Waals surface area contributed by atoms with Gasteiger partial charge in [0.05, 0.1) is 6.54 Å². The van der Waals surface area contributed by atoms with Crippen molar-refractivity contribution in [1.29, 1.82) is 0 Å². The summed E-state index contributed by atoms with van der Waals surface area (Å²) in [6, 6.07) is 0. The molecule has 1 aliphatic carbocycles. The monoisotopic (exact) mass is 283 g/mol. The first-order valence-corrected chi connectivity index (χ1v) is 7.55. The third-order valence-corrected chi connectivity index (χ3v) is 4.65. The number of hydrogen-bond donors (Lipinski definition) is 0. The van der Waals surface area contributed by atoms with Gasteiger partial charge in [0.25, 0.3) is 0 Å². The molecule has 5 heteroatoms. The summed E-state index contributed by atoms with van der Waals surface area (Å²) < 4.78 is 10.8. The van der Waals surface area contributed by atoms with Crippen molar-refractivity contribution in [2.45, 2.75) is 65.1 Å². The quantitative estimate of drug-likeness (QED) is 0.777. The first-order valence-electron chi connectivity index (χ1n) is 7.55. The predicted octanol–water partition coefficient (Wildman–Crippen LogP) is 3.57. The Bertz CT molecular complexity index is 385. The van der Waals surface area contributed by atoms with Gasteiger partial charge in [-0.15, -0.1) is 0 Å². The number of cyclic esters (lactones) is 1. The molecule has 1 saturated carbocycles. The van der Waals surface area contributed by atoms with E-state index in [0.29, 0.717) is 5.92 Å².